The van der Waals surface area contributed by atoms with Crippen LogP contribution in [0.2, 0.25) is 0 Å². The van der Waals surface area contributed by atoms with E-state index < -0.39 is 0 Å². The third-order valence-corrected chi connectivity index (χ3v) is 2.76. The maximum Gasteiger partial charge on any atom is 0.123 e. The summed E-state index contributed by atoms with van der Waals surface area (Å²) in [6.07, 6.45) is 1.73. The van der Waals surface area contributed by atoms with Gasteiger partial charge in [0.1, 0.15) is 5.82 Å². The third kappa shape index (κ3) is 2.94. The molecule has 0 saturated heterocycles. The zero-order valence-corrected chi connectivity index (χ0v) is 10.2. The molecule has 0 radical (unpaired) electrons. The van der Waals surface area contributed by atoms with E-state index in [1.54, 1.807) is 18.3 Å². The minimum Gasteiger partial charge on any atom is -0.398 e. The fourth-order valence-electron chi connectivity index (χ4n) is 1.72. The molecule has 2 rings (SSSR count). The van der Waals surface area contributed by atoms with Crippen molar-refractivity contribution in [2.75, 3.05) is 5.73 Å². The Labute approximate surface area is 106 Å². The smallest absolute Gasteiger partial charge is 0.123 e. The van der Waals surface area contributed by atoms with E-state index in [4.69, 9.17) is 5.73 Å². The van der Waals surface area contributed by atoms with Gasteiger partial charge in [0, 0.05) is 11.9 Å². The molecular formula is C15H15FN2. The molecule has 3 heteroatoms. The van der Waals surface area contributed by atoms with Crippen molar-refractivity contribution in [2.45, 2.75) is 13.0 Å². The topological polar surface area (TPSA) is 38.4 Å². The van der Waals surface area contributed by atoms with E-state index in [1.165, 1.54) is 12.1 Å². The minimum absolute atomic E-state index is 0.0174. The summed E-state index contributed by atoms with van der Waals surface area (Å²) < 4.78 is 12.7. The molecule has 0 fully saturated rings. The molecule has 0 heterocycles. The standard InChI is InChI=1S/C15H15FN2/c1-11(14-4-2-3-5-15(14)17)18-10-12-6-8-13(16)9-7-12/h2-11H,17H2,1H3. The summed E-state index contributed by atoms with van der Waals surface area (Å²) in [6.45, 7) is 1.98. The summed E-state index contributed by atoms with van der Waals surface area (Å²) >= 11 is 0. The number of hydrogen-bond donors (Lipinski definition) is 1. The molecule has 1 unspecified atom stereocenters. The fraction of sp³-hybridized carbons (Fsp3) is 0.133. The van der Waals surface area contributed by atoms with Gasteiger partial charge in [-0.2, -0.15) is 0 Å². The number of anilines is 1. The van der Waals surface area contributed by atoms with Crippen molar-refractivity contribution >= 4 is 11.9 Å². The number of aliphatic imine (C=N–C) groups is 1. The van der Waals surface area contributed by atoms with E-state index in [0.29, 0.717) is 0 Å². The van der Waals surface area contributed by atoms with Gasteiger partial charge in [0.25, 0.3) is 0 Å². The lowest BCUT2D eigenvalue weighted by molar-refractivity contribution is 0.628. The second-order valence-electron chi connectivity index (χ2n) is 4.13. The lowest BCUT2D eigenvalue weighted by Gasteiger charge is -2.09. The lowest BCUT2D eigenvalue weighted by Crippen LogP contribution is -1.97. The van der Waals surface area contributed by atoms with E-state index in [0.717, 1.165) is 16.8 Å². The summed E-state index contributed by atoms with van der Waals surface area (Å²) in [5, 5.41) is 0. The number of benzene rings is 2. The van der Waals surface area contributed by atoms with Gasteiger partial charge in [-0.05, 0) is 36.2 Å². The van der Waals surface area contributed by atoms with E-state index in [9.17, 15) is 4.39 Å². The van der Waals surface area contributed by atoms with Crippen molar-refractivity contribution in [1.82, 2.24) is 0 Å². The quantitative estimate of drug-likeness (QED) is 0.648. The van der Waals surface area contributed by atoms with Crippen LogP contribution in [0, 0.1) is 5.82 Å². The minimum atomic E-state index is -0.243. The van der Waals surface area contributed by atoms with Gasteiger partial charge >= 0.3 is 0 Å². The Morgan fingerprint density at radius 1 is 1.11 bits per heavy atom. The van der Waals surface area contributed by atoms with Gasteiger partial charge in [0.2, 0.25) is 0 Å². The molecule has 2 aromatic rings. The normalized spacial score (nSPS) is 12.8. The van der Waals surface area contributed by atoms with Crippen molar-refractivity contribution in [1.29, 1.82) is 0 Å². The van der Waals surface area contributed by atoms with Gasteiger partial charge in [-0.15, -0.1) is 0 Å². The molecule has 0 amide bonds. The second kappa shape index (κ2) is 5.45. The Balaban J connectivity index is 2.14. The van der Waals surface area contributed by atoms with Crippen molar-refractivity contribution < 1.29 is 4.39 Å². The summed E-state index contributed by atoms with van der Waals surface area (Å²) in [6, 6.07) is 13.9. The molecule has 1 atom stereocenters. The number of nitrogens with two attached hydrogens (primary N) is 1. The number of nitrogens with zero attached hydrogens (tertiary/aromatic N) is 1. The number of rotatable bonds is 3. The van der Waals surface area contributed by atoms with Crippen LogP contribution in [0.15, 0.2) is 53.5 Å². The summed E-state index contributed by atoms with van der Waals surface area (Å²) in [7, 11) is 0. The highest BCUT2D eigenvalue weighted by Gasteiger charge is 2.05. The Kier molecular flexibility index (Phi) is 3.72. The SMILES string of the molecule is CC(N=Cc1ccc(F)cc1)c1ccccc1N. The van der Waals surface area contributed by atoms with Crippen molar-refractivity contribution in [3.8, 4) is 0 Å². The molecule has 2 N–H and O–H groups in total. The van der Waals surface area contributed by atoms with Crippen LogP contribution in [0.25, 0.3) is 0 Å². The Hall–Kier alpha value is -2.16. The van der Waals surface area contributed by atoms with Crippen molar-refractivity contribution in [2.24, 2.45) is 4.99 Å². The van der Waals surface area contributed by atoms with E-state index in [-0.39, 0.29) is 11.9 Å². The molecule has 0 aliphatic rings. The van der Waals surface area contributed by atoms with E-state index in [1.807, 2.05) is 31.2 Å². The first kappa shape index (κ1) is 12.3. The molecular weight excluding hydrogens is 227 g/mol. The highest BCUT2D eigenvalue weighted by molar-refractivity contribution is 5.79. The summed E-state index contributed by atoms with van der Waals surface area (Å²) in [4.78, 5) is 4.43. The fourth-order valence-corrected chi connectivity index (χ4v) is 1.72. The number of halogens is 1. The monoisotopic (exact) mass is 242 g/mol. The Morgan fingerprint density at radius 3 is 2.44 bits per heavy atom. The average Bonchev–Trinajstić information content (AvgIpc) is 2.38. The number of para-hydroxylation sites is 1. The first-order chi connectivity index (χ1) is 8.66. The molecule has 92 valence electrons. The van der Waals surface area contributed by atoms with Gasteiger partial charge in [0.15, 0.2) is 0 Å². The van der Waals surface area contributed by atoms with Gasteiger partial charge < -0.3 is 5.73 Å². The number of hydrogen-bond acceptors (Lipinski definition) is 2. The first-order valence-electron chi connectivity index (χ1n) is 5.80. The lowest BCUT2D eigenvalue weighted by atomic mass is 10.1. The van der Waals surface area contributed by atoms with Crippen LogP contribution in [-0.4, -0.2) is 6.21 Å². The number of nitrogen functional groups attached to an aromatic ring is 1. The average molecular weight is 242 g/mol. The van der Waals surface area contributed by atoms with Crippen LogP contribution < -0.4 is 5.73 Å². The predicted octanol–water partition coefficient (Wildman–Crippen LogP) is 3.59. The summed E-state index contributed by atoms with van der Waals surface area (Å²) in [5.41, 5.74) is 8.49. The van der Waals surface area contributed by atoms with Gasteiger partial charge in [-0.3, -0.25) is 4.99 Å². The Bertz CT molecular complexity index is 547. The van der Waals surface area contributed by atoms with E-state index in [2.05, 4.69) is 4.99 Å². The van der Waals surface area contributed by atoms with Crippen LogP contribution in [0.3, 0.4) is 0 Å². The predicted molar refractivity (Wildman–Crippen MR) is 73.3 cm³/mol. The highest BCUT2D eigenvalue weighted by atomic mass is 19.1. The summed E-state index contributed by atoms with van der Waals surface area (Å²) in [5.74, 6) is -0.243. The van der Waals surface area contributed by atoms with Crippen LogP contribution in [0.5, 0.6) is 0 Å². The zero-order valence-electron chi connectivity index (χ0n) is 10.2. The molecule has 0 aliphatic heterocycles. The molecule has 2 aromatic carbocycles. The van der Waals surface area contributed by atoms with Gasteiger partial charge in [-0.25, -0.2) is 4.39 Å². The molecule has 0 aliphatic carbocycles. The van der Waals surface area contributed by atoms with Crippen LogP contribution >= 0.6 is 0 Å². The highest BCUT2D eigenvalue weighted by Crippen LogP contribution is 2.22. The second-order valence-corrected chi connectivity index (χ2v) is 4.13. The first-order valence-corrected chi connectivity index (χ1v) is 5.80. The molecule has 0 bridgehead atoms. The van der Waals surface area contributed by atoms with Crippen molar-refractivity contribution in [3.63, 3.8) is 0 Å². The third-order valence-electron chi connectivity index (χ3n) is 2.76. The van der Waals surface area contributed by atoms with Crippen LogP contribution in [0.1, 0.15) is 24.1 Å². The largest absolute Gasteiger partial charge is 0.398 e. The molecule has 0 spiro atoms. The van der Waals surface area contributed by atoms with Gasteiger partial charge in [0.05, 0.1) is 6.04 Å². The molecule has 18 heavy (non-hydrogen) atoms. The maximum atomic E-state index is 12.7. The Morgan fingerprint density at radius 2 is 1.78 bits per heavy atom. The van der Waals surface area contributed by atoms with Crippen LogP contribution in [0.4, 0.5) is 10.1 Å². The van der Waals surface area contributed by atoms with Gasteiger partial charge in [-0.1, -0.05) is 30.3 Å². The molecule has 0 saturated carbocycles. The molecule has 0 aromatic heterocycles. The zero-order chi connectivity index (χ0) is 13.0. The van der Waals surface area contributed by atoms with Crippen molar-refractivity contribution in [3.05, 3.63) is 65.5 Å². The van der Waals surface area contributed by atoms with Crippen LogP contribution in [-0.2, 0) is 0 Å². The maximum absolute atomic E-state index is 12.7. The van der Waals surface area contributed by atoms with E-state index >= 15 is 0 Å². The molecule has 2 nitrogen and oxygen atoms in total.